The smallest absolute Gasteiger partial charge is 0.0162 e. The molecule has 120 valence electrons. The van der Waals surface area contributed by atoms with Crippen LogP contribution in [-0.2, 0) is 0 Å². The minimum absolute atomic E-state index is 0.819. The van der Waals surface area contributed by atoms with Crippen molar-refractivity contribution in [2.24, 2.45) is 11.8 Å². The van der Waals surface area contributed by atoms with Crippen LogP contribution in [-0.4, -0.2) is 0 Å². The zero-order chi connectivity index (χ0) is 15.4. The molecule has 0 heteroatoms. The molecule has 0 heterocycles. The van der Waals surface area contributed by atoms with E-state index in [9.17, 15) is 0 Å². The van der Waals surface area contributed by atoms with Gasteiger partial charge in [0.05, 0.1) is 0 Å². The Morgan fingerprint density at radius 3 is 2.27 bits per heavy atom. The molecule has 1 atom stereocenters. The van der Waals surface area contributed by atoms with E-state index in [-0.39, 0.29) is 0 Å². The van der Waals surface area contributed by atoms with Gasteiger partial charge in [-0.3, -0.25) is 0 Å². The van der Waals surface area contributed by atoms with Crippen LogP contribution < -0.4 is 0 Å². The van der Waals surface area contributed by atoms with Gasteiger partial charge in [-0.25, -0.2) is 0 Å². The predicted octanol–water partition coefficient (Wildman–Crippen LogP) is 6.96. The van der Waals surface area contributed by atoms with E-state index in [4.69, 9.17) is 0 Å². The van der Waals surface area contributed by atoms with Gasteiger partial charge < -0.3 is 0 Å². The Morgan fingerprint density at radius 2 is 1.68 bits per heavy atom. The first kappa shape index (κ1) is 15.8. The summed E-state index contributed by atoms with van der Waals surface area (Å²) in [5.74, 6) is 2.70. The van der Waals surface area contributed by atoms with Crippen molar-refractivity contribution in [3.63, 3.8) is 0 Å². The Kier molecular flexibility index (Phi) is 5.39. The fourth-order valence-electron chi connectivity index (χ4n) is 4.38. The minimum atomic E-state index is 0.819. The summed E-state index contributed by atoms with van der Waals surface area (Å²) in [5.41, 5.74) is 4.65. The molecule has 0 nitrogen and oxygen atoms in total. The molecule has 1 unspecified atom stereocenters. The lowest BCUT2D eigenvalue weighted by atomic mass is 9.79. The topological polar surface area (TPSA) is 0 Å². The minimum Gasteiger partial charge on any atom is -0.0804 e. The van der Waals surface area contributed by atoms with Crippen LogP contribution >= 0.6 is 0 Å². The first-order valence-electron chi connectivity index (χ1n) is 9.55. The van der Waals surface area contributed by atoms with Crippen LogP contribution in [0.25, 0.3) is 5.57 Å². The van der Waals surface area contributed by atoms with Gasteiger partial charge in [-0.05, 0) is 66.6 Å². The summed E-state index contributed by atoms with van der Waals surface area (Å²) < 4.78 is 0. The maximum Gasteiger partial charge on any atom is -0.0162 e. The number of benzene rings is 1. The molecule has 0 aliphatic heterocycles. The second kappa shape index (κ2) is 7.49. The van der Waals surface area contributed by atoms with E-state index in [0.717, 1.165) is 17.8 Å². The number of rotatable bonds is 4. The quantitative estimate of drug-likeness (QED) is 0.563. The summed E-state index contributed by atoms with van der Waals surface area (Å²) in [6.45, 7) is 4.71. The van der Waals surface area contributed by atoms with E-state index in [1.54, 1.807) is 11.1 Å². The van der Waals surface area contributed by atoms with Crippen LogP contribution in [0.15, 0.2) is 30.3 Å². The van der Waals surface area contributed by atoms with Crippen LogP contribution in [0, 0.1) is 11.8 Å². The monoisotopic (exact) mass is 296 g/mol. The van der Waals surface area contributed by atoms with Crippen LogP contribution in [0.1, 0.15) is 88.7 Å². The van der Waals surface area contributed by atoms with E-state index in [1.165, 1.54) is 63.4 Å². The fourth-order valence-corrected chi connectivity index (χ4v) is 4.38. The molecule has 0 aromatic heterocycles. The molecule has 22 heavy (non-hydrogen) atoms. The molecule has 0 amide bonds. The van der Waals surface area contributed by atoms with Gasteiger partial charge in [0.25, 0.3) is 0 Å². The predicted molar refractivity (Wildman–Crippen MR) is 97.0 cm³/mol. The molecule has 1 saturated carbocycles. The van der Waals surface area contributed by atoms with Crippen molar-refractivity contribution < 1.29 is 0 Å². The first-order chi connectivity index (χ1) is 10.8. The number of allylic oxidation sites excluding steroid dienone is 2. The molecule has 0 bridgehead atoms. The molecule has 0 saturated heterocycles. The highest BCUT2D eigenvalue weighted by Crippen LogP contribution is 2.37. The molecule has 2 aliphatic carbocycles. The largest absolute Gasteiger partial charge is 0.0804 e. The highest BCUT2D eigenvalue weighted by molar-refractivity contribution is 5.66. The first-order valence-corrected chi connectivity index (χ1v) is 9.55. The highest BCUT2D eigenvalue weighted by atomic mass is 14.3. The highest BCUT2D eigenvalue weighted by Gasteiger charge is 2.20. The second-order valence-corrected chi connectivity index (χ2v) is 7.74. The summed E-state index contributed by atoms with van der Waals surface area (Å²) in [6, 6.07) is 9.60. The Balaban J connectivity index is 1.62. The Morgan fingerprint density at radius 1 is 0.955 bits per heavy atom. The van der Waals surface area contributed by atoms with E-state index in [1.807, 2.05) is 0 Å². The van der Waals surface area contributed by atoms with Crippen LogP contribution in [0.5, 0.6) is 0 Å². The van der Waals surface area contributed by atoms with Gasteiger partial charge in [0, 0.05) is 0 Å². The molecule has 1 fully saturated rings. The second-order valence-electron chi connectivity index (χ2n) is 7.74. The summed E-state index contributed by atoms with van der Waals surface area (Å²) in [4.78, 5) is 0. The Hall–Kier alpha value is -1.04. The molecule has 3 rings (SSSR count). The van der Waals surface area contributed by atoms with Crippen LogP contribution in [0.4, 0.5) is 0 Å². The average molecular weight is 296 g/mol. The summed E-state index contributed by atoms with van der Waals surface area (Å²) in [5, 5.41) is 0. The number of hydrogen-bond acceptors (Lipinski definition) is 0. The van der Waals surface area contributed by atoms with Crippen LogP contribution in [0.2, 0.25) is 0 Å². The fraction of sp³-hybridized carbons (Fsp3) is 0.636. The molecular weight excluding hydrogens is 264 g/mol. The standard InChI is InChI=1S/C22H32/c1-3-4-18-7-11-20(12-8-18)22-15-13-21(14-16-22)19-9-5-17(2)6-10-19/h11,13-19H,3-10,12H2,1-2H3/t17-,18?,19-. The Bertz CT molecular complexity index is 485. The third-order valence-electron chi connectivity index (χ3n) is 5.99. The van der Waals surface area contributed by atoms with Crippen molar-refractivity contribution in [2.75, 3.05) is 0 Å². The van der Waals surface area contributed by atoms with Gasteiger partial charge in [0.15, 0.2) is 0 Å². The van der Waals surface area contributed by atoms with Gasteiger partial charge in [-0.2, -0.15) is 0 Å². The van der Waals surface area contributed by atoms with Crippen molar-refractivity contribution in [2.45, 2.75) is 77.6 Å². The molecule has 1 aromatic carbocycles. The molecule has 1 aromatic rings. The Labute approximate surface area is 137 Å². The molecule has 0 radical (unpaired) electrons. The summed E-state index contributed by atoms with van der Waals surface area (Å²) in [6.07, 6.45) is 14.8. The lowest BCUT2D eigenvalue weighted by Crippen LogP contribution is -2.10. The third kappa shape index (κ3) is 3.83. The van der Waals surface area contributed by atoms with Gasteiger partial charge in [0.1, 0.15) is 0 Å². The van der Waals surface area contributed by atoms with Gasteiger partial charge >= 0.3 is 0 Å². The van der Waals surface area contributed by atoms with E-state index >= 15 is 0 Å². The molecular formula is C22H32. The van der Waals surface area contributed by atoms with Crippen molar-refractivity contribution in [3.05, 3.63) is 41.5 Å². The summed E-state index contributed by atoms with van der Waals surface area (Å²) >= 11 is 0. The van der Waals surface area contributed by atoms with Crippen LogP contribution in [0.3, 0.4) is 0 Å². The van der Waals surface area contributed by atoms with Crippen molar-refractivity contribution >= 4 is 5.57 Å². The van der Waals surface area contributed by atoms with Crippen molar-refractivity contribution in [1.29, 1.82) is 0 Å². The van der Waals surface area contributed by atoms with E-state index in [2.05, 4.69) is 44.2 Å². The molecule has 0 spiro atoms. The van der Waals surface area contributed by atoms with Gasteiger partial charge in [-0.15, -0.1) is 0 Å². The van der Waals surface area contributed by atoms with Gasteiger partial charge in [0.2, 0.25) is 0 Å². The van der Waals surface area contributed by atoms with Crippen molar-refractivity contribution in [3.8, 4) is 0 Å². The van der Waals surface area contributed by atoms with Gasteiger partial charge in [-0.1, -0.05) is 69.9 Å². The SMILES string of the molecule is CCCC1CC=C(c2ccc([C@H]3CC[C@H](C)CC3)cc2)CC1. The normalized spacial score (nSPS) is 29.2. The zero-order valence-electron chi connectivity index (χ0n) is 14.5. The third-order valence-corrected chi connectivity index (χ3v) is 5.99. The van der Waals surface area contributed by atoms with E-state index < -0.39 is 0 Å². The lowest BCUT2D eigenvalue weighted by Gasteiger charge is -2.27. The zero-order valence-corrected chi connectivity index (χ0v) is 14.5. The molecule has 0 N–H and O–H groups in total. The lowest BCUT2D eigenvalue weighted by molar-refractivity contribution is 0.348. The van der Waals surface area contributed by atoms with E-state index in [0.29, 0.717) is 0 Å². The van der Waals surface area contributed by atoms with Crippen molar-refractivity contribution in [1.82, 2.24) is 0 Å². The average Bonchev–Trinajstić information content (AvgIpc) is 2.57. The maximum absolute atomic E-state index is 2.52. The maximum atomic E-state index is 2.52. The molecule has 2 aliphatic rings. The number of hydrogen-bond donors (Lipinski definition) is 0. The summed E-state index contributed by atoms with van der Waals surface area (Å²) in [7, 11) is 0.